The molecule has 154 valence electrons. The molecule has 0 spiro atoms. The van der Waals surface area contributed by atoms with Crippen LogP contribution in [0.5, 0.6) is 0 Å². The summed E-state index contributed by atoms with van der Waals surface area (Å²) in [4.78, 5) is 23.3. The Morgan fingerprint density at radius 2 is 1.76 bits per heavy atom. The first kappa shape index (κ1) is 21.5. The van der Waals surface area contributed by atoms with Crippen LogP contribution >= 0.6 is 11.6 Å². The molecule has 0 radical (unpaired) electrons. The smallest absolute Gasteiger partial charge is 0.270 e. The topological polar surface area (TPSA) is 60.2 Å². The van der Waals surface area contributed by atoms with Crippen molar-refractivity contribution in [1.29, 1.82) is 0 Å². The molecule has 1 saturated carbocycles. The molecule has 0 aliphatic heterocycles. The van der Waals surface area contributed by atoms with E-state index in [1.807, 2.05) is 24.3 Å². The first-order valence-corrected chi connectivity index (χ1v) is 11.0. The van der Waals surface area contributed by atoms with Crippen LogP contribution in [-0.2, 0) is 0 Å². The van der Waals surface area contributed by atoms with E-state index >= 15 is 0 Å². The zero-order valence-corrected chi connectivity index (χ0v) is 17.7. The Labute approximate surface area is 177 Å². The Hall–Kier alpha value is -2.20. The van der Waals surface area contributed by atoms with Crippen LogP contribution in [0.2, 0.25) is 5.02 Å². The van der Waals surface area contributed by atoms with Crippen LogP contribution < -0.4 is 0 Å². The third kappa shape index (κ3) is 5.45. The Morgan fingerprint density at radius 1 is 1.07 bits per heavy atom. The second-order valence-corrected chi connectivity index (χ2v) is 8.49. The quantitative estimate of drug-likeness (QED) is 0.197. The van der Waals surface area contributed by atoms with E-state index in [0.717, 1.165) is 5.92 Å². The van der Waals surface area contributed by atoms with Gasteiger partial charge in [0.2, 0.25) is 0 Å². The molecule has 4 nitrogen and oxygen atoms in total. The van der Waals surface area contributed by atoms with E-state index < -0.39 is 4.92 Å². The maximum Gasteiger partial charge on any atom is 0.270 e. The molecule has 3 rings (SSSR count). The second kappa shape index (κ2) is 10.0. The first-order valence-electron chi connectivity index (χ1n) is 10.6. The van der Waals surface area contributed by atoms with Gasteiger partial charge in [-0.05, 0) is 49.1 Å². The van der Waals surface area contributed by atoms with Gasteiger partial charge in [0.15, 0.2) is 5.78 Å². The van der Waals surface area contributed by atoms with Gasteiger partial charge in [-0.3, -0.25) is 14.9 Å². The maximum atomic E-state index is 12.8. The van der Waals surface area contributed by atoms with E-state index in [9.17, 15) is 14.9 Å². The van der Waals surface area contributed by atoms with Crippen LogP contribution in [-0.4, -0.2) is 10.7 Å². The van der Waals surface area contributed by atoms with Gasteiger partial charge in [-0.2, -0.15) is 0 Å². The summed E-state index contributed by atoms with van der Waals surface area (Å²) in [5, 5.41) is 11.2. The molecule has 1 fully saturated rings. The highest BCUT2D eigenvalue weighted by atomic mass is 35.5. The minimum absolute atomic E-state index is 0.134. The normalized spacial score (nSPS) is 19.1. The first-order chi connectivity index (χ1) is 14.0. The van der Waals surface area contributed by atoms with Crippen molar-refractivity contribution in [2.45, 2.75) is 64.2 Å². The third-order valence-corrected chi connectivity index (χ3v) is 6.44. The molecule has 2 aromatic carbocycles. The molecule has 0 bridgehead atoms. The molecule has 5 heteroatoms. The number of carbonyl (C=O) groups excluding carboxylic acids is 1. The molecule has 2 aromatic rings. The van der Waals surface area contributed by atoms with Gasteiger partial charge in [-0.15, -0.1) is 0 Å². The van der Waals surface area contributed by atoms with Crippen molar-refractivity contribution in [3.05, 3.63) is 74.3 Å². The van der Waals surface area contributed by atoms with E-state index in [-0.39, 0.29) is 22.1 Å². The number of non-ortho nitro benzene ring substituents is 1. The zero-order valence-electron chi connectivity index (χ0n) is 16.9. The highest BCUT2D eigenvalue weighted by Crippen LogP contribution is 2.38. The predicted molar refractivity (Wildman–Crippen MR) is 117 cm³/mol. The fourth-order valence-corrected chi connectivity index (χ4v) is 4.53. The number of halogens is 1. The lowest BCUT2D eigenvalue weighted by atomic mass is 9.77. The molecule has 0 N–H and O–H groups in total. The van der Waals surface area contributed by atoms with E-state index in [1.165, 1.54) is 75.1 Å². The molecule has 1 aliphatic rings. The highest BCUT2D eigenvalue weighted by molar-refractivity contribution is 6.35. The monoisotopic (exact) mass is 413 g/mol. The van der Waals surface area contributed by atoms with Crippen molar-refractivity contribution in [3.63, 3.8) is 0 Å². The number of rotatable bonds is 8. The number of unbranched alkanes of at least 4 members (excludes halogenated alkanes) is 2. The third-order valence-electron chi connectivity index (χ3n) is 6.11. The standard InChI is InChI=1S/C24H28ClNO3/c1-2-3-4-5-17-6-8-18(9-7-17)19-10-12-20(13-11-19)24(27)22-16-21(26(28)29)14-15-23(22)25/h10-18H,2-9H2,1H3. The number of nitro groups is 1. The van der Waals surface area contributed by atoms with Crippen molar-refractivity contribution in [2.75, 3.05) is 0 Å². The Morgan fingerprint density at radius 3 is 2.38 bits per heavy atom. The van der Waals surface area contributed by atoms with Crippen molar-refractivity contribution in [1.82, 2.24) is 0 Å². The Kier molecular flexibility index (Phi) is 7.43. The van der Waals surface area contributed by atoms with E-state index in [2.05, 4.69) is 6.92 Å². The predicted octanol–water partition coefficient (Wildman–Crippen LogP) is 7.33. The minimum atomic E-state index is -0.519. The van der Waals surface area contributed by atoms with Crippen LogP contribution in [0, 0.1) is 16.0 Å². The minimum Gasteiger partial charge on any atom is -0.289 e. The van der Waals surface area contributed by atoms with Gasteiger partial charge in [0.05, 0.1) is 9.95 Å². The number of ketones is 1. The molecular weight excluding hydrogens is 386 g/mol. The summed E-state index contributed by atoms with van der Waals surface area (Å²) in [5.41, 5.74) is 1.81. The number of benzene rings is 2. The van der Waals surface area contributed by atoms with Crippen molar-refractivity contribution in [3.8, 4) is 0 Å². The van der Waals surface area contributed by atoms with Crippen molar-refractivity contribution < 1.29 is 9.72 Å². The summed E-state index contributed by atoms with van der Waals surface area (Å²) in [6.45, 7) is 2.25. The maximum absolute atomic E-state index is 12.8. The molecule has 0 amide bonds. The van der Waals surface area contributed by atoms with Gasteiger partial charge >= 0.3 is 0 Å². The van der Waals surface area contributed by atoms with Gasteiger partial charge in [0, 0.05) is 23.3 Å². The average molecular weight is 414 g/mol. The van der Waals surface area contributed by atoms with Gasteiger partial charge in [0.1, 0.15) is 0 Å². The highest BCUT2D eigenvalue weighted by Gasteiger charge is 2.23. The molecular formula is C24H28ClNO3. The second-order valence-electron chi connectivity index (χ2n) is 8.09. The van der Waals surface area contributed by atoms with E-state index in [4.69, 9.17) is 11.6 Å². The summed E-state index contributed by atoms with van der Waals surface area (Å²) < 4.78 is 0. The van der Waals surface area contributed by atoms with Crippen molar-refractivity contribution in [2.24, 2.45) is 5.92 Å². The summed E-state index contributed by atoms with van der Waals surface area (Å²) >= 11 is 6.11. The summed E-state index contributed by atoms with van der Waals surface area (Å²) in [7, 11) is 0. The van der Waals surface area contributed by atoms with Crippen LogP contribution in [0.1, 0.15) is 85.7 Å². The number of hydrogen-bond donors (Lipinski definition) is 0. The van der Waals surface area contributed by atoms with Crippen LogP contribution in [0.4, 0.5) is 5.69 Å². The largest absolute Gasteiger partial charge is 0.289 e. The molecule has 0 heterocycles. The van der Waals surface area contributed by atoms with Gasteiger partial charge < -0.3 is 0 Å². The molecule has 0 atom stereocenters. The lowest BCUT2D eigenvalue weighted by Gasteiger charge is -2.29. The fourth-order valence-electron chi connectivity index (χ4n) is 4.33. The van der Waals surface area contributed by atoms with Gasteiger partial charge in [-0.25, -0.2) is 0 Å². The zero-order chi connectivity index (χ0) is 20.8. The molecule has 0 aromatic heterocycles. The number of nitrogens with zero attached hydrogens (tertiary/aromatic N) is 1. The molecule has 0 saturated heterocycles. The van der Waals surface area contributed by atoms with Crippen LogP contribution in [0.3, 0.4) is 0 Å². The fraction of sp³-hybridized carbons (Fsp3) is 0.458. The number of hydrogen-bond acceptors (Lipinski definition) is 3. The SMILES string of the molecule is CCCCCC1CCC(c2ccc(C(=O)c3cc([N+](=O)[O-])ccc3Cl)cc2)CC1. The molecule has 0 unspecified atom stereocenters. The lowest BCUT2D eigenvalue weighted by molar-refractivity contribution is -0.384. The van der Waals surface area contributed by atoms with E-state index in [1.54, 1.807) is 0 Å². The van der Waals surface area contributed by atoms with Crippen LogP contribution in [0.25, 0.3) is 0 Å². The number of nitro benzene ring substituents is 1. The lowest BCUT2D eigenvalue weighted by Crippen LogP contribution is -2.13. The van der Waals surface area contributed by atoms with Gasteiger partial charge in [-0.1, -0.05) is 68.5 Å². The Balaban J connectivity index is 1.64. The van der Waals surface area contributed by atoms with Gasteiger partial charge in [0.25, 0.3) is 5.69 Å². The summed E-state index contributed by atoms with van der Waals surface area (Å²) in [5.74, 6) is 1.14. The van der Waals surface area contributed by atoms with Crippen LogP contribution in [0.15, 0.2) is 42.5 Å². The summed E-state index contributed by atoms with van der Waals surface area (Å²) in [6.07, 6.45) is 10.3. The Bertz CT molecular complexity index is 855. The summed E-state index contributed by atoms with van der Waals surface area (Å²) in [6, 6.07) is 11.7. The molecule has 1 aliphatic carbocycles. The van der Waals surface area contributed by atoms with Crippen molar-refractivity contribution >= 4 is 23.1 Å². The van der Waals surface area contributed by atoms with E-state index in [0.29, 0.717) is 11.5 Å². The number of carbonyl (C=O) groups is 1. The molecule has 29 heavy (non-hydrogen) atoms. The average Bonchev–Trinajstić information content (AvgIpc) is 2.74.